The molecule has 0 radical (unpaired) electrons. The van der Waals surface area contributed by atoms with Gasteiger partial charge in [0, 0.05) is 15.7 Å². The van der Waals surface area contributed by atoms with Gasteiger partial charge < -0.3 is 5.73 Å². The van der Waals surface area contributed by atoms with Crippen molar-refractivity contribution in [2.24, 2.45) is 5.73 Å². The second-order valence-electron chi connectivity index (χ2n) is 4.44. The predicted molar refractivity (Wildman–Crippen MR) is 92.7 cm³/mol. The zero-order valence-electron chi connectivity index (χ0n) is 10.9. The van der Waals surface area contributed by atoms with Crippen LogP contribution in [-0.2, 0) is 15.8 Å². The molecule has 2 rings (SSSR count). The summed E-state index contributed by atoms with van der Waals surface area (Å²) in [7, 11) is -3.50. The average molecular weight is 385 g/mol. The highest BCUT2D eigenvalue weighted by Crippen LogP contribution is 2.18. The Labute approximate surface area is 137 Å². The van der Waals surface area contributed by atoms with Gasteiger partial charge in [-0.2, -0.15) is 0 Å². The summed E-state index contributed by atoms with van der Waals surface area (Å²) >= 11 is 8.19. The highest BCUT2D eigenvalue weighted by molar-refractivity contribution is 9.10. The number of anilines is 1. The molecule has 0 amide bonds. The number of thiocarbonyl (C=S) groups is 1. The van der Waals surface area contributed by atoms with E-state index in [0.717, 1.165) is 4.47 Å². The van der Waals surface area contributed by atoms with Gasteiger partial charge >= 0.3 is 0 Å². The zero-order chi connectivity index (χ0) is 15.5. The van der Waals surface area contributed by atoms with E-state index in [1.807, 2.05) is 6.07 Å². The quantitative estimate of drug-likeness (QED) is 0.777. The highest BCUT2D eigenvalue weighted by atomic mass is 79.9. The summed E-state index contributed by atoms with van der Waals surface area (Å²) in [5.41, 5.74) is 7.34. The van der Waals surface area contributed by atoms with E-state index in [9.17, 15) is 8.42 Å². The van der Waals surface area contributed by atoms with Crippen LogP contribution in [-0.4, -0.2) is 13.4 Å². The summed E-state index contributed by atoms with van der Waals surface area (Å²) in [5, 5.41) is 0. The molecular formula is C14H13BrN2O2S2. The van der Waals surface area contributed by atoms with Crippen LogP contribution in [0.1, 0.15) is 11.1 Å². The van der Waals surface area contributed by atoms with Gasteiger partial charge in [0.25, 0.3) is 0 Å². The van der Waals surface area contributed by atoms with E-state index >= 15 is 0 Å². The lowest BCUT2D eigenvalue weighted by molar-refractivity contribution is 0.600. The zero-order valence-corrected chi connectivity index (χ0v) is 14.1. The summed E-state index contributed by atoms with van der Waals surface area (Å²) in [5.74, 6) is -0.143. The van der Waals surface area contributed by atoms with Gasteiger partial charge in [0.15, 0.2) is 0 Å². The van der Waals surface area contributed by atoms with Crippen molar-refractivity contribution in [1.82, 2.24) is 0 Å². The molecule has 21 heavy (non-hydrogen) atoms. The van der Waals surface area contributed by atoms with E-state index in [-0.39, 0.29) is 10.7 Å². The third kappa shape index (κ3) is 4.80. The maximum atomic E-state index is 12.2. The van der Waals surface area contributed by atoms with Crippen LogP contribution in [0.15, 0.2) is 53.0 Å². The Morgan fingerprint density at radius 1 is 1.19 bits per heavy atom. The molecule has 3 N–H and O–H groups in total. The Balaban J connectivity index is 2.18. The molecule has 0 spiro atoms. The van der Waals surface area contributed by atoms with Gasteiger partial charge in [0.2, 0.25) is 10.0 Å². The summed E-state index contributed by atoms with van der Waals surface area (Å²) in [6.45, 7) is 0. The van der Waals surface area contributed by atoms with Crippen LogP contribution >= 0.6 is 28.1 Å². The lowest BCUT2D eigenvalue weighted by Crippen LogP contribution is -2.16. The van der Waals surface area contributed by atoms with Crippen molar-refractivity contribution >= 4 is 48.8 Å². The third-order valence-electron chi connectivity index (χ3n) is 2.67. The molecule has 0 atom stereocenters. The smallest absolute Gasteiger partial charge is 0.236 e. The minimum Gasteiger partial charge on any atom is -0.389 e. The van der Waals surface area contributed by atoms with Gasteiger partial charge in [-0.1, -0.05) is 52.4 Å². The summed E-state index contributed by atoms with van der Waals surface area (Å²) in [4.78, 5) is 0.245. The molecule has 0 fully saturated rings. The van der Waals surface area contributed by atoms with Crippen molar-refractivity contribution in [3.63, 3.8) is 0 Å². The maximum Gasteiger partial charge on any atom is 0.236 e. The molecule has 0 aliphatic carbocycles. The number of hydrogen-bond donors (Lipinski definition) is 2. The van der Waals surface area contributed by atoms with Crippen molar-refractivity contribution in [1.29, 1.82) is 0 Å². The van der Waals surface area contributed by atoms with E-state index < -0.39 is 10.0 Å². The molecular weight excluding hydrogens is 372 g/mol. The lowest BCUT2D eigenvalue weighted by Gasteiger charge is -2.09. The Morgan fingerprint density at radius 3 is 2.57 bits per heavy atom. The first-order chi connectivity index (χ1) is 9.85. The van der Waals surface area contributed by atoms with E-state index in [2.05, 4.69) is 20.7 Å². The molecule has 7 heteroatoms. The fourth-order valence-corrected chi connectivity index (χ4v) is 3.50. The monoisotopic (exact) mass is 384 g/mol. The Morgan fingerprint density at radius 2 is 1.90 bits per heavy atom. The van der Waals surface area contributed by atoms with Crippen LogP contribution in [0.2, 0.25) is 0 Å². The highest BCUT2D eigenvalue weighted by Gasteiger charge is 2.12. The topological polar surface area (TPSA) is 72.2 Å². The molecule has 4 nitrogen and oxygen atoms in total. The Kier molecular flexibility index (Phi) is 4.97. The van der Waals surface area contributed by atoms with Crippen LogP contribution in [0.4, 0.5) is 5.69 Å². The summed E-state index contributed by atoms with van der Waals surface area (Å²) in [6.07, 6.45) is 0. The molecule has 0 bridgehead atoms. The van der Waals surface area contributed by atoms with Crippen molar-refractivity contribution in [2.75, 3.05) is 4.72 Å². The fourth-order valence-electron chi connectivity index (χ4n) is 1.80. The van der Waals surface area contributed by atoms with Gasteiger partial charge in [-0.25, -0.2) is 8.42 Å². The SMILES string of the molecule is NC(=S)c1cccc(CS(=O)(=O)Nc2cccc(Br)c2)c1. The Hall–Kier alpha value is -1.44. The molecule has 110 valence electrons. The van der Waals surface area contributed by atoms with Crippen LogP contribution < -0.4 is 10.5 Å². The van der Waals surface area contributed by atoms with Crippen molar-refractivity contribution in [2.45, 2.75) is 5.75 Å². The predicted octanol–water partition coefficient (Wildman–Crippen LogP) is 3.03. The molecule has 0 heterocycles. The second kappa shape index (κ2) is 6.55. The summed E-state index contributed by atoms with van der Waals surface area (Å²) < 4.78 is 27.7. The lowest BCUT2D eigenvalue weighted by atomic mass is 10.1. The van der Waals surface area contributed by atoms with Crippen molar-refractivity contribution in [3.8, 4) is 0 Å². The average Bonchev–Trinajstić information content (AvgIpc) is 2.37. The standard InChI is InChI=1S/C14H13BrN2O2S2/c15-12-5-2-6-13(8-12)17-21(18,19)9-10-3-1-4-11(7-10)14(16)20/h1-8,17H,9H2,(H2,16,20). The third-order valence-corrected chi connectivity index (χ3v) is 4.66. The molecule has 2 aromatic carbocycles. The van der Waals surface area contributed by atoms with Crippen LogP contribution in [0, 0.1) is 0 Å². The number of halogens is 1. The first-order valence-electron chi connectivity index (χ1n) is 6.00. The van der Waals surface area contributed by atoms with Gasteiger partial charge in [0.05, 0.1) is 5.75 Å². The Bertz CT molecular complexity index is 776. The van der Waals surface area contributed by atoms with Gasteiger partial charge in [-0.3, -0.25) is 4.72 Å². The van der Waals surface area contributed by atoms with Crippen LogP contribution in [0.25, 0.3) is 0 Å². The molecule has 0 aliphatic heterocycles. The minimum atomic E-state index is -3.50. The van der Waals surface area contributed by atoms with Crippen molar-refractivity contribution < 1.29 is 8.42 Å². The molecule has 0 aliphatic rings. The van der Waals surface area contributed by atoms with Gasteiger partial charge in [-0.05, 0) is 29.8 Å². The maximum absolute atomic E-state index is 12.2. The molecule has 0 saturated carbocycles. The number of nitrogens with one attached hydrogen (secondary N) is 1. The number of nitrogens with two attached hydrogens (primary N) is 1. The normalized spacial score (nSPS) is 11.1. The van der Waals surface area contributed by atoms with E-state index in [1.165, 1.54) is 0 Å². The van der Waals surface area contributed by atoms with E-state index in [0.29, 0.717) is 16.8 Å². The molecule has 2 aromatic rings. The van der Waals surface area contributed by atoms with Gasteiger partial charge in [-0.15, -0.1) is 0 Å². The number of benzene rings is 2. The number of sulfonamides is 1. The van der Waals surface area contributed by atoms with Crippen molar-refractivity contribution in [3.05, 3.63) is 64.1 Å². The fraction of sp³-hybridized carbons (Fsp3) is 0.0714. The molecule has 0 unspecified atom stereocenters. The number of hydrogen-bond acceptors (Lipinski definition) is 3. The first kappa shape index (κ1) is 15.9. The van der Waals surface area contributed by atoms with Crippen LogP contribution in [0.5, 0.6) is 0 Å². The van der Waals surface area contributed by atoms with E-state index in [4.69, 9.17) is 18.0 Å². The minimum absolute atomic E-state index is 0.143. The molecule has 0 saturated heterocycles. The first-order valence-corrected chi connectivity index (χ1v) is 8.86. The largest absolute Gasteiger partial charge is 0.389 e. The second-order valence-corrected chi connectivity index (χ2v) is 7.51. The number of rotatable bonds is 5. The molecule has 0 aromatic heterocycles. The van der Waals surface area contributed by atoms with Gasteiger partial charge in [0.1, 0.15) is 4.99 Å². The van der Waals surface area contributed by atoms with Crippen LogP contribution in [0.3, 0.4) is 0 Å². The summed E-state index contributed by atoms with van der Waals surface area (Å²) in [6, 6.07) is 13.9. The van der Waals surface area contributed by atoms with E-state index in [1.54, 1.807) is 42.5 Å².